The smallest absolute Gasteiger partial charge is 0.280 e. The second-order valence-electron chi connectivity index (χ2n) is 11.5. The molecule has 2 aromatic carbocycles. The van der Waals surface area contributed by atoms with Crippen LogP contribution in [0.15, 0.2) is 47.5 Å². The Morgan fingerprint density at radius 2 is 1.80 bits per heavy atom. The number of nitrogens with zero attached hydrogens (tertiary/aromatic N) is 3. The van der Waals surface area contributed by atoms with E-state index in [1.165, 1.54) is 29.8 Å². The fourth-order valence-corrected chi connectivity index (χ4v) is 5.54. The summed E-state index contributed by atoms with van der Waals surface area (Å²) in [5.41, 5.74) is 2.81. The number of fused-ring (bicyclic) bond motifs is 1. The monoisotopic (exact) mass is 551 g/mol. The fraction of sp³-hybridized carbons (Fsp3) is 0.500. The summed E-state index contributed by atoms with van der Waals surface area (Å²) >= 11 is 0. The van der Waals surface area contributed by atoms with Gasteiger partial charge in [-0.25, -0.2) is 4.39 Å². The fourth-order valence-electron chi connectivity index (χ4n) is 5.54. The minimum absolute atomic E-state index is 0.0336. The number of hydrogen-bond acceptors (Lipinski definition) is 5. The predicted octanol–water partition coefficient (Wildman–Crippen LogP) is 3.30. The van der Waals surface area contributed by atoms with Crippen molar-refractivity contribution in [3.8, 4) is 0 Å². The number of rotatable bonds is 7. The summed E-state index contributed by atoms with van der Waals surface area (Å²) in [7, 11) is 0. The van der Waals surface area contributed by atoms with Crippen LogP contribution in [0.1, 0.15) is 61.5 Å². The molecule has 1 aliphatic carbocycles. The summed E-state index contributed by atoms with van der Waals surface area (Å²) in [5.74, 6) is -1.02. The van der Waals surface area contributed by atoms with E-state index in [-0.39, 0.29) is 24.4 Å². The van der Waals surface area contributed by atoms with E-state index in [4.69, 9.17) is 4.74 Å². The van der Waals surface area contributed by atoms with Crippen molar-refractivity contribution in [2.24, 2.45) is 10.9 Å². The van der Waals surface area contributed by atoms with E-state index < -0.39 is 17.3 Å². The summed E-state index contributed by atoms with van der Waals surface area (Å²) < 4.78 is 21.0. The van der Waals surface area contributed by atoms with Gasteiger partial charge >= 0.3 is 0 Å². The van der Waals surface area contributed by atoms with Crippen LogP contribution in [0.2, 0.25) is 0 Å². The number of carbonyl (C=O) groups is 2. The van der Waals surface area contributed by atoms with E-state index in [1.807, 2.05) is 6.07 Å². The first-order valence-corrected chi connectivity index (χ1v) is 14.0. The van der Waals surface area contributed by atoms with Crippen molar-refractivity contribution in [2.75, 3.05) is 32.8 Å². The molecular weight excluding hydrogens is 513 g/mol. The Balaban J connectivity index is 1.44. The molecule has 3 aromatic rings. The Hall–Kier alpha value is -3.34. The number of benzene rings is 2. The molecule has 5 rings (SSSR count). The summed E-state index contributed by atoms with van der Waals surface area (Å²) in [4.78, 5) is 35.9. The molecule has 3 N–H and O–H groups in total. The van der Waals surface area contributed by atoms with Gasteiger partial charge in [0, 0.05) is 43.7 Å². The standard InChI is InChI=1S/C30H38FN5O4/c1-30(2,39)19-32-27(37)21-6-10-24(11-7-21)36-26-17-20(18-35-13-15-40-16-14-35)3-12-25(26)33-29(36)34-28(38)22-4-8-23(31)9-5-22/h3-5,8-9,12,17,21,24,39H,6-7,10-11,13-16,18-19H2,1-2H3,(H,32,37)(H,33,34,38)/t21-,24+. The van der Waals surface area contributed by atoms with Crippen LogP contribution in [-0.4, -0.2) is 69.8 Å². The third-order valence-corrected chi connectivity index (χ3v) is 7.73. The second kappa shape index (κ2) is 12.0. The van der Waals surface area contributed by atoms with Crippen LogP contribution in [0.5, 0.6) is 0 Å². The summed E-state index contributed by atoms with van der Waals surface area (Å²) in [5, 5.41) is 12.8. The number of amides is 2. The maximum absolute atomic E-state index is 13.4. The van der Waals surface area contributed by atoms with Gasteiger partial charge in [-0.1, -0.05) is 6.07 Å². The van der Waals surface area contributed by atoms with E-state index in [2.05, 4.69) is 36.9 Å². The highest BCUT2D eigenvalue weighted by Gasteiger charge is 2.29. The highest BCUT2D eigenvalue weighted by molar-refractivity contribution is 5.95. The van der Waals surface area contributed by atoms with Crippen LogP contribution in [0.25, 0.3) is 11.0 Å². The Labute approximate surface area is 233 Å². The maximum atomic E-state index is 13.4. The number of imidazole rings is 1. The van der Waals surface area contributed by atoms with Crippen molar-refractivity contribution in [3.63, 3.8) is 0 Å². The van der Waals surface area contributed by atoms with Crippen LogP contribution in [0.4, 0.5) is 4.39 Å². The SMILES string of the molecule is CC(C)(O)CNC(=O)[C@H]1CC[C@@H](n2/c(=N/C(=O)c3ccc(F)cc3)[nH]c3ccc(CN4CCOCC4)cc32)CC1. The molecule has 2 fully saturated rings. The van der Waals surface area contributed by atoms with Gasteiger partial charge in [-0.05, 0) is 81.5 Å². The van der Waals surface area contributed by atoms with Crippen LogP contribution in [0.3, 0.4) is 0 Å². The molecule has 0 atom stereocenters. The molecule has 1 aliphatic heterocycles. The number of hydrogen-bond donors (Lipinski definition) is 3. The second-order valence-corrected chi connectivity index (χ2v) is 11.5. The minimum atomic E-state index is -0.959. The van der Waals surface area contributed by atoms with Crippen molar-refractivity contribution >= 4 is 22.8 Å². The molecule has 214 valence electrons. The number of morpholine rings is 1. The molecule has 1 aromatic heterocycles. The summed E-state index contributed by atoms with van der Waals surface area (Å²) in [6.07, 6.45) is 2.89. The van der Waals surface area contributed by atoms with E-state index >= 15 is 0 Å². The Morgan fingerprint density at radius 3 is 2.48 bits per heavy atom. The van der Waals surface area contributed by atoms with E-state index in [1.54, 1.807) is 13.8 Å². The van der Waals surface area contributed by atoms with E-state index in [9.17, 15) is 19.1 Å². The number of aromatic nitrogens is 2. The van der Waals surface area contributed by atoms with Crippen molar-refractivity contribution in [1.29, 1.82) is 0 Å². The number of halogens is 1. The van der Waals surface area contributed by atoms with Crippen LogP contribution in [0, 0.1) is 11.7 Å². The van der Waals surface area contributed by atoms with Gasteiger partial charge in [0.25, 0.3) is 5.91 Å². The quantitative estimate of drug-likeness (QED) is 0.417. The summed E-state index contributed by atoms with van der Waals surface area (Å²) in [6.45, 7) is 7.59. The number of nitrogens with one attached hydrogen (secondary N) is 2. The number of H-pyrrole nitrogens is 1. The maximum Gasteiger partial charge on any atom is 0.280 e. The van der Waals surface area contributed by atoms with Gasteiger partial charge in [0.05, 0.1) is 29.8 Å². The van der Waals surface area contributed by atoms with Gasteiger partial charge in [-0.3, -0.25) is 14.5 Å². The Kier molecular flexibility index (Phi) is 8.48. The first-order valence-electron chi connectivity index (χ1n) is 14.0. The molecule has 0 bridgehead atoms. The third-order valence-electron chi connectivity index (χ3n) is 7.73. The zero-order valence-electron chi connectivity index (χ0n) is 23.2. The number of ether oxygens (including phenoxy) is 1. The van der Waals surface area contributed by atoms with Crippen molar-refractivity contribution in [3.05, 3.63) is 65.0 Å². The van der Waals surface area contributed by atoms with Crippen LogP contribution in [-0.2, 0) is 16.1 Å². The van der Waals surface area contributed by atoms with Crippen LogP contribution >= 0.6 is 0 Å². The molecule has 10 heteroatoms. The minimum Gasteiger partial charge on any atom is -0.389 e. The highest BCUT2D eigenvalue weighted by Crippen LogP contribution is 2.33. The molecule has 1 saturated carbocycles. The van der Waals surface area contributed by atoms with Crippen molar-refractivity contribution in [2.45, 2.75) is 57.7 Å². The number of aliphatic hydroxyl groups is 1. The van der Waals surface area contributed by atoms with Gasteiger partial charge < -0.3 is 24.7 Å². The van der Waals surface area contributed by atoms with Gasteiger partial charge in [0.1, 0.15) is 5.82 Å². The lowest BCUT2D eigenvalue weighted by atomic mass is 9.85. The molecule has 0 unspecified atom stereocenters. The predicted molar refractivity (Wildman–Crippen MR) is 149 cm³/mol. The van der Waals surface area contributed by atoms with E-state index in [0.717, 1.165) is 56.7 Å². The molecule has 2 amide bonds. The normalized spacial score (nSPS) is 21.1. The molecule has 2 heterocycles. The highest BCUT2D eigenvalue weighted by atomic mass is 19.1. The molecule has 0 radical (unpaired) electrons. The average molecular weight is 552 g/mol. The first-order chi connectivity index (χ1) is 19.2. The van der Waals surface area contributed by atoms with Gasteiger partial charge in [0.2, 0.25) is 11.5 Å². The lowest BCUT2D eigenvalue weighted by Crippen LogP contribution is -2.42. The average Bonchev–Trinajstić information content (AvgIpc) is 3.29. The first kappa shape index (κ1) is 28.2. The molecule has 2 aliphatic rings. The Morgan fingerprint density at radius 1 is 1.10 bits per heavy atom. The topological polar surface area (TPSA) is 112 Å². The molecule has 0 spiro atoms. The zero-order valence-corrected chi connectivity index (χ0v) is 23.2. The van der Waals surface area contributed by atoms with E-state index in [0.29, 0.717) is 24.0 Å². The van der Waals surface area contributed by atoms with Crippen molar-refractivity contribution in [1.82, 2.24) is 19.8 Å². The van der Waals surface area contributed by atoms with Crippen molar-refractivity contribution < 1.29 is 23.8 Å². The molecule has 40 heavy (non-hydrogen) atoms. The zero-order chi connectivity index (χ0) is 28.3. The molecule has 1 saturated heterocycles. The van der Waals surface area contributed by atoms with Gasteiger partial charge in [-0.2, -0.15) is 4.99 Å². The number of carbonyl (C=O) groups excluding carboxylic acids is 2. The lowest BCUT2D eigenvalue weighted by Gasteiger charge is -2.30. The lowest BCUT2D eigenvalue weighted by molar-refractivity contribution is -0.127. The van der Waals surface area contributed by atoms with Gasteiger partial charge in [0.15, 0.2) is 0 Å². The summed E-state index contributed by atoms with van der Waals surface area (Å²) in [6, 6.07) is 11.7. The Bertz CT molecular complexity index is 1410. The van der Waals surface area contributed by atoms with Crippen LogP contribution < -0.4 is 10.9 Å². The molecular formula is C30H38FN5O4. The third kappa shape index (κ3) is 6.86. The largest absolute Gasteiger partial charge is 0.389 e. The molecule has 9 nitrogen and oxygen atoms in total. The number of aromatic amines is 1. The van der Waals surface area contributed by atoms with Gasteiger partial charge in [-0.15, -0.1) is 0 Å².